The molecule has 1 N–H and O–H groups in total. The van der Waals surface area contributed by atoms with E-state index >= 15 is 0 Å². The highest BCUT2D eigenvalue weighted by atomic mass is 16.6. The van der Waals surface area contributed by atoms with Gasteiger partial charge in [0.15, 0.2) is 0 Å². The van der Waals surface area contributed by atoms with Crippen LogP contribution in [-0.4, -0.2) is 23.1 Å². The first-order valence-corrected chi connectivity index (χ1v) is 1.65. The van der Waals surface area contributed by atoms with E-state index in [4.69, 9.17) is 5.11 Å². The average molecular weight is 102 g/mol. The van der Waals surface area contributed by atoms with Crippen LogP contribution < -0.4 is 0 Å². The van der Waals surface area contributed by atoms with E-state index in [1.165, 1.54) is 0 Å². The lowest BCUT2D eigenvalue weighted by Crippen LogP contribution is -2.45. The number of ether oxygens (including phenoxy) is 1. The van der Waals surface area contributed by atoms with Gasteiger partial charge in [-0.2, -0.15) is 0 Å². The third-order valence-electron chi connectivity index (χ3n) is 0.648. The number of carbonyl (C=O) groups excluding carboxylic acids is 2. The monoisotopic (exact) mass is 102 g/mol. The Hall–Kier alpha value is -0.900. The molecule has 0 amide bonds. The summed E-state index contributed by atoms with van der Waals surface area (Å²) in [5.41, 5.74) is 0. The molecule has 0 aromatic heterocycles. The Morgan fingerprint density at radius 2 is 1.86 bits per heavy atom. The van der Waals surface area contributed by atoms with Crippen molar-refractivity contribution < 1.29 is 19.4 Å². The molecule has 0 unspecified atom stereocenters. The molecular formula is C3H2O4. The van der Waals surface area contributed by atoms with Crippen LogP contribution in [0.4, 0.5) is 0 Å². The molecule has 0 aromatic rings. The summed E-state index contributed by atoms with van der Waals surface area (Å²) in [6.07, 6.45) is -1.50. The van der Waals surface area contributed by atoms with Crippen molar-refractivity contribution >= 4 is 11.9 Å². The minimum absolute atomic E-state index is 0.856. The summed E-state index contributed by atoms with van der Waals surface area (Å²) in [6.45, 7) is 0. The Labute approximate surface area is 38.7 Å². The lowest BCUT2D eigenvalue weighted by molar-refractivity contribution is -0.191. The van der Waals surface area contributed by atoms with Gasteiger partial charge >= 0.3 is 11.9 Å². The minimum atomic E-state index is -1.50. The molecular weight excluding hydrogens is 100 g/mol. The third kappa shape index (κ3) is 0.398. The van der Waals surface area contributed by atoms with Gasteiger partial charge in [0.05, 0.1) is 0 Å². The van der Waals surface area contributed by atoms with Crippen LogP contribution in [0.25, 0.3) is 0 Å². The fourth-order valence-electron chi connectivity index (χ4n) is 0.249. The molecule has 1 saturated heterocycles. The van der Waals surface area contributed by atoms with Gasteiger partial charge in [-0.25, -0.2) is 9.59 Å². The Kier molecular flexibility index (Phi) is 0.631. The molecule has 1 rings (SSSR count). The van der Waals surface area contributed by atoms with E-state index in [-0.39, 0.29) is 0 Å². The maximum Gasteiger partial charge on any atom is 0.354 e. The van der Waals surface area contributed by atoms with Gasteiger partial charge in [-0.05, 0) is 0 Å². The largest absolute Gasteiger partial charge is 0.388 e. The van der Waals surface area contributed by atoms with Crippen molar-refractivity contribution in [2.24, 2.45) is 0 Å². The molecule has 0 atom stereocenters. The smallest absolute Gasteiger partial charge is 0.354 e. The van der Waals surface area contributed by atoms with E-state index in [1.807, 2.05) is 0 Å². The molecule has 0 bridgehead atoms. The summed E-state index contributed by atoms with van der Waals surface area (Å²) < 4.78 is 3.72. The van der Waals surface area contributed by atoms with Gasteiger partial charge < -0.3 is 9.84 Å². The number of aliphatic hydroxyl groups excluding tert-OH is 1. The van der Waals surface area contributed by atoms with Gasteiger partial charge in [0.1, 0.15) is 0 Å². The Bertz CT molecular complexity index is 113. The molecule has 1 fully saturated rings. The Morgan fingerprint density at radius 3 is 1.86 bits per heavy atom. The predicted molar refractivity (Wildman–Crippen MR) is 17.1 cm³/mol. The number of cyclic esters (lactones) is 2. The van der Waals surface area contributed by atoms with Crippen LogP contribution in [-0.2, 0) is 14.3 Å². The van der Waals surface area contributed by atoms with Crippen molar-refractivity contribution in [3.8, 4) is 0 Å². The van der Waals surface area contributed by atoms with Crippen molar-refractivity contribution in [1.29, 1.82) is 0 Å². The normalized spacial score (nSPS) is 21.3. The Morgan fingerprint density at radius 1 is 1.43 bits per heavy atom. The van der Waals surface area contributed by atoms with Crippen molar-refractivity contribution in [2.75, 3.05) is 0 Å². The second kappa shape index (κ2) is 1.04. The lowest BCUT2D eigenvalue weighted by atomic mass is 10.3. The topological polar surface area (TPSA) is 63.6 Å². The number of hydrogen-bond acceptors (Lipinski definition) is 4. The zero-order valence-corrected chi connectivity index (χ0v) is 3.25. The molecule has 0 spiro atoms. The minimum Gasteiger partial charge on any atom is -0.388 e. The van der Waals surface area contributed by atoms with E-state index in [0.717, 1.165) is 0 Å². The fraction of sp³-hybridized carbons (Fsp3) is 0.333. The van der Waals surface area contributed by atoms with Crippen LogP contribution in [0.1, 0.15) is 0 Å². The maximum absolute atomic E-state index is 9.75. The van der Waals surface area contributed by atoms with Gasteiger partial charge in [-0.1, -0.05) is 0 Å². The molecule has 0 saturated carbocycles. The van der Waals surface area contributed by atoms with Gasteiger partial charge in [0.25, 0.3) is 6.10 Å². The zero-order valence-electron chi connectivity index (χ0n) is 3.25. The number of esters is 2. The van der Waals surface area contributed by atoms with Gasteiger partial charge in [0, 0.05) is 0 Å². The van der Waals surface area contributed by atoms with Gasteiger partial charge in [-0.15, -0.1) is 0 Å². The second-order valence-electron chi connectivity index (χ2n) is 1.14. The fourth-order valence-corrected chi connectivity index (χ4v) is 0.249. The number of hydrogen-bond donors (Lipinski definition) is 1. The summed E-state index contributed by atoms with van der Waals surface area (Å²) in [5.74, 6) is -1.71. The number of aliphatic hydroxyl groups is 1. The van der Waals surface area contributed by atoms with E-state index in [1.54, 1.807) is 0 Å². The molecule has 7 heavy (non-hydrogen) atoms. The van der Waals surface area contributed by atoms with Gasteiger partial charge in [-0.3, -0.25) is 0 Å². The van der Waals surface area contributed by atoms with Gasteiger partial charge in [0.2, 0.25) is 0 Å². The molecule has 4 nitrogen and oxygen atoms in total. The van der Waals surface area contributed by atoms with Crippen LogP contribution in [0.15, 0.2) is 0 Å². The van der Waals surface area contributed by atoms with E-state index < -0.39 is 18.0 Å². The molecule has 0 aliphatic carbocycles. The summed E-state index contributed by atoms with van der Waals surface area (Å²) in [4.78, 5) is 19.5. The quantitative estimate of drug-likeness (QED) is 0.296. The maximum atomic E-state index is 9.75. The van der Waals surface area contributed by atoms with Crippen LogP contribution in [0, 0.1) is 0 Å². The van der Waals surface area contributed by atoms with Crippen LogP contribution in [0.5, 0.6) is 0 Å². The molecule has 1 aliphatic heterocycles. The summed E-state index contributed by atoms with van der Waals surface area (Å²) >= 11 is 0. The summed E-state index contributed by atoms with van der Waals surface area (Å²) in [7, 11) is 0. The summed E-state index contributed by atoms with van der Waals surface area (Å²) in [6, 6.07) is 0. The first-order valence-electron chi connectivity index (χ1n) is 1.65. The third-order valence-corrected chi connectivity index (χ3v) is 0.648. The molecule has 1 aliphatic rings. The molecule has 38 valence electrons. The zero-order chi connectivity index (χ0) is 5.44. The number of carbonyl (C=O) groups is 2. The van der Waals surface area contributed by atoms with E-state index in [9.17, 15) is 9.59 Å². The predicted octanol–water partition coefficient (Wildman–Crippen LogP) is -1.57. The van der Waals surface area contributed by atoms with Crippen molar-refractivity contribution in [3.05, 3.63) is 0 Å². The average Bonchev–Trinajstić information content (AvgIpc) is 1.68. The standard InChI is InChI=1S/C3H2O4/c4-1-2(5)7-3(1)6/h1,4H. The highest BCUT2D eigenvalue weighted by Crippen LogP contribution is 2.02. The highest BCUT2D eigenvalue weighted by molar-refractivity contribution is 6.11. The highest BCUT2D eigenvalue weighted by Gasteiger charge is 2.39. The molecule has 0 aromatic carbocycles. The van der Waals surface area contributed by atoms with Crippen molar-refractivity contribution in [1.82, 2.24) is 0 Å². The van der Waals surface area contributed by atoms with E-state index in [0.29, 0.717) is 0 Å². The lowest BCUT2D eigenvalue weighted by Gasteiger charge is -2.14. The first-order chi connectivity index (χ1) is 3.22. The second-order valence-corrected chi connectivity index (χ2v) is 1.14. The molecule has 1 heterocycles. The Balaban J connectivity index is 2.59. The van der Waals surface area contributed by atoms with Crippen molar-refractivity contribution in [3.63, 3.8) is 0 Å². The number of rotatable bonds is 0. The van der Waals surface area contributed by atoms with Crippen LogP contribution in [0.3, 0.4) is 0 Å². The molecule has 4 heteroatoms. The van der Waals surface area contributed by atoms with Crippen LogP contribution >= 0.6 is 0 Å². The van der Waals surface area contributed by atoms with E-state index in [2.05, 4.69) is 4.74 Å². The van der Waals surface area contributed by atoms with Crippen molar-refractivity contribution in [2.45, 2.75) is 6.10 Å². The SMILES string of the molecule is O=C1OC(=O)C1O. The first kappa shape index (κ1) is 4.26. The van der Waals surface area contributed by atoms with Crippen LogP contribution in [0.2, 0.25) is 0 Å². The molecule has 0 radical (unpaired) electrons. The summed E-state index contributed by atoms with van der Waals surface area (Å²) in [5, 5.41) is 8.16.